The molecule has 0 saturated carbocycles. The molecule has 0 bridgehead atoms. The number of nitrogens with zero attached hydrogens (tertiary/aromatic N) is 3. The van der Waals surface area contributed by atoms with Gasteiger partial charge in [0.25, 0.3) is 0 Å². The molecular weight excluding hydrogens is 178 g/mol. The van der Waals surface area contributed by atoms with Crippen molar-refractivity contribution in [2.75, 3.05) is 0 Å². The summed E-state index contributed by atoms with van der Waals surface area (Å²) in [4.78, 5) is 20.6. The van der Waals surface area contributed by atoms with Crippen molar-refractivity contribution in [2.45, 2.75) is 13.0 Å². The number of carboxylic acid groups (broad SMARTS) is 2. The van der Waals surface area contributed by atoms with E-state index < -0.39 is 11.9 Å². The van der Waals surface area contributed by atoms with Crippen LogP contribution in [0.15, 0.2) is 6.20 Å². The van der Waals surface area contributed by atoms with Crippen LogP contribution >= 0.6 is 0 Å². The first kappa shape index (κ1) is 9.17. The quantitative estimate of drug-likeness (QED) is 0.622. The van der Waals surface area contributed by atoms with E-state index in [-0.39, 0.29) is 18.7 Å². The SMILES string of the molecule is O=C(O)Cc1cnnn1CC(=O)O. The maximum atomic E-state index is 10.3. The average Bonchev–Trinajstić information content (AvgIpc) is 2.34. The van der Waals surface area contributed by atoms with E-state index in [0.717, 1.165) is 4.68 Å². The van der Waals surface area contributed by atoms with Crippen molar-refractivity contribution in [3.05, 3.63) is 11.9 Å². The minimum Gasteiger partial charge on any atom is -0.481 e. The van der Waals surface area contributed by atoms with E-state index in [4.69, 9.17) is 10.2 Å². The van der Waals surface area contributed by atoms with Gasteiger partial charge in [0.05, 0.1) is 18.3 Å². The first-order chi connectivity index (χ1) is 6.09. The van der Waals surface area contributed by atoms with E-state index in [9.17, 15) is 9.59 Å². The summed E-state index contributed by atoms with van der Waals surface area (Å²) in [6.45, 7) is -0.372. The molecule has 0 unspecified atom stereocenters. The van der Waals surface area contributed by atoms with Crippen molar-refractivity contribution in [1.29, 1.82) is 0 Å². The first-order valence-electron chi connectivity index (χ1n) is 3.40. The van der Waals surface area contributed by atoms with Crippen molar-refractivity contribution < 1.29 is 19.8 Å². The number of aliphatic carboxylic acids is 2. The summed E-state index contributed by atoms with van der Waals surface area (Å²) in [5.74, 6) is -2.13. The van der Waals surface area contributed by atoms with E-state index in [1.807, 2.05) is 0 Å². The van der Waals surface area contributed by atoms with Gasteiger partial charge in [0.1, 0.15) is 6.54 Å². The minimum absolute atomic E-state index is 0.273. The van der Waals surface area contributed by atoms with E-state index in [0.29, 0.717) is 0 Å². The molecule has 0 aromatic carbocycles. The second-order valence-corrected chi connectivity index (χ2v) is 2.35. The lowest BCUT2D eigenvalue weighted by molar-refractivity contribution is -0.139. The van der Waals surface area contributed by atoms with Gasteiger partial charge in [0, 0.05) is 0 Å². The molecule has 1 heterocycles. The molecule has 0 aliphatic carbocycles. The maximum absolute atomic E-state index is 10.3. The number of rotatable bonds is 4. The van der Waals surface area contributed by atoms with Gasteiger partial charge in [-0.15, -0.1) is 5.10 Å². The second kappa shape index (κ2) is 3.65. The third-order valence-corrected chi connectivity index (χ3v) is 1.32. The van der Waals surface area contributed by atoms with Gasteiger partial charge in [0.15, 0.2) is 0 Å². The summed E-state index contributed by atoms with van der Waals surface area (Å²) in [6.07, 6.45) is 0.956. The van der Waals surface area contributed by atoms with Crippen LogP contribution in [0.2, 0.25) is 0 Å². The predicted molar refractivity (Wildman–Crippen MR) is 39.0 cm³/mol. The monoisotopic (exact) mass is 185 g/mol. The van der Waals surface area contributed by atoms with Crippen molar-refractivity contribution in [3.63, 3.8) is 0 Å². The molecule has 1 rings (SSSR count). The van der Waals surface area contributed by atoms with Gasteiger partial charge in [-0.25, -0.2) is 4.68 Å². The van der Waals surface area contributed by atoms with Gasteiger partial charge in [-0.05, 0) is 0 Å². The fraction of sp³-hybridized carbons (Fsp3) is 0.333. The van der Waals surface area contributed by atoms with Gasteiger partial charge in [-0.2, -0.15) is 0 Å². The highest BCUT2D eigenvalue weighted by molar-refractivity contribution is 5.70. The molecule has 0 radical (unpaired) electrons. The molecule has 1 aromatic heterocycles. The first-order valence-corrected chi connectivity index (χ1v) is 3.40. The summed E-state index contributed by atoms with van der Waals surface area (Å²) >= 11 is 0. The van der Waals surface area contributed by atoms with Crippen LogP contribution in [-0.2, 0) is 22.6 Å². The molecule has 0 fully saturated rings. The Balaban J connectivity index is 2.76. The Bertz CT molecular complexity index is 302. The lowest BCUT2D eigenvalue weighted by Crippen LogP contribution is -2.15. The van der Waals surface area contributed by atoms with Crippen molar-refractivity contribution in [2.24, 2.45) is 0 Å². The summed E-state index contributed by atoms with van der Waals surface area (Å²) < 4.78 is 1.04. The Hall–Kier alpha value is -1.92. The zero-order valence-electron chi connectivity index (χ0n) is 6.54. The molecule has 0 spiro atoms. The molecule has 13 heavy (non-hydrogen) atoms. The van der Waals surface area contributed by atoms with Crippen LogP contribution in [0.4, 0.5) is 0 Å². The van der Waals surface area contributed by atoms with Crippen molar-refractivity contribution >= 4 is 11.9 Å². The number of carbonyl (C=O) groups is 2. The molecule has 7 nitrogen and oxygen atoms in total. The standard InChI is InChI=1S/C6H7N3O4/c10-5(11)1-4-2-7-8-9(4)3-6(12)13/h2H,1,3H2,(H,10,11)(H,12,13). The molecule has 1 aromatic rings. The summed E-state index contributed by atoms with van der Waals surface area (Å²) in [6, 6.07) is 0. The van der Waals surface area contributed by atoms with Crippen LogP contribution in [0.25, 0.3) is 0 Å². The molecule has 0 atom stereocenters. The maximum Gasteiger partial charge on any atom is 0.325 e. The van der Waals surface area contributed by atoms with Gasteiger partial charge in [0.2, 0.25) is 0 Å². The van der Waals surface area contributed by atoms with Crippen molar-refractivity contribution in [3.8, 4) is 0 Å². The molecular formula is C6H7N3O4. The average molecular weight is 185 g/mol. The third-order valence-electron chi connectivity index (χ3n) is 1.32. The third kappa shape index (κ3) is 2.55. The minimum atomic E-state index is -1.09. The molecule has 0 amide bonds. The van der Waals surface area contributed by atoms with Crippen LogP contribution in [0.3, 0.4) is 0 Å². The zero-order valence-corrected chi connectivity index (χ0v) is 6.54. The molecule has 0 saturated heterocycles. The number of hydrogen-bond acceptors (Lipinski definition) is 4. The molecule has 2 N–H and O–H groups in total. The van der Waals surface area contributed by atoms with E-state index in [1.165, 1.54) is 6.20 Å². The highest BCUT2D eigenvalue weighted by atomic mass is 16.4. The Labute approximate surface area is 72.6 Å². The van der Waals surface area contributed by atoms with Crippen LogP contribution < -0.4 is 0 Å². The van der Waals surface area contributed by atoms with Crippen LogP contribution in [0.5, 0.6) is 0 Å². The largest absolute Gasteiger partial charge is 0.481 e. The number of hydrogen-bond donors (Lipinski definition) is 2. The van der Waals surface area contributed by atoms with Gasteiger partial charge >= 0.3 is 11.9 Å². The lowest BCUT2D eigenvalue weighted by Gasteiger charge is -1.99. The Morgan fingerprint density at radius 1 is 1.38 bits per heavy atom. The summed E-state index contributed by atoms with van der Waals surface area (Å²) in [7, 11) is 0. The van der Waals surface area contributed by atoms with Crippen LogP contribution in [0.1, 0.15) is 5.69 Å². The zero-order chi connectivity index (χ0) is 9.84. The van der Waals surface area contributed by atoms with Crippen LogP contribution in [0, 0.1) is 0 Å². The summed E-state index contributed by atoms with van der Waals surface area (Å²) in [5, 5.41) is 23.7. The lowest BCUT2D eigenvalue weighted by atomic mass is 10.3. The van der Waals surface area contributed by atoms with Gasteiger partial charge in [-0.3, -0.25) is 9.59 Å². The van der Waals surface area contributed by atoms with Gasteiger partial charge < -0.3 is 10.2 Å². The molecule has 0 aliphatic heterocycles. The molecule has 70 valence electrons. The number of carboxylic acids is 2. The smallest absolute Gasteiger partial charge is 0.325 e. The van der Waals surface area contributed by atoms with Crippen LogP contribution in [-0.4, -0.2) is 37.1 Å². The Morgan fingerprint density at radius 2 is 2.08 bits per heavy atom. The Kier molecular flexibility index (Phi) is 2.58. The van der Waals surface area contributed by atoms with E-state index in [2.05, 4.69) is 10.3 Å². The Morgan fingerprint density at radius 3 is 2.62 bits per heavy atom. The fourth-order valence-corrected chi connectivity index (χ4v) is 0.832. The molecule has 0 aliphatic rings. The molecule has 7 heteroatoms. The van der Waals surface area contributed by atoms with E-state index in [1.54, 1.807) is 0 Å². The normalized spacial score (nSPS) is 9.85. The highest BCUT2D eigenvalue weighted by Crippen LogP contribution is 1.97. The number of aromatic nitrogens is 3. The highest BCUT2D eigenvalue weighted by Gasteiger charge is 2.10. The second-order valence-electron chi connectivity index (χ2n) is 2.35. The topological polar surface area (TPSA) is 105 Å². The van der Waals surface area contributed by atoms with E-state index >= 15 is 0 Å². The van der Waals surface area contributed by atoms with Crippen molar-refractivity contribution in [1.82, 2.24) is 15.0 Å². The predicted octanol–water partition coefficient (Wildman–Crippen LogP) is -1.01. The van der Waals surface area contributed by atoms with Gasteiger partial charge in [-0.1, -0.05) is 5.21 Å². The summed E-state index contributed by atoms with van der Waals surface area (Å²) in [5.41, 5.74) is 0.273. The fourth-order valence-electron chi connectivity index (χ4n) is 0.832.